The molecule has 1 aromatic rings. The van der Waals surface area contributed by atoms with E-state index in [1.807, 2.05) is 54.3 Å². The first-order valence-corrected chi connectivity index (χ1v) is 15.7. The second-order valence-electron chi connectivity index (χ2n) is 13.0. The van der Waals surface area contributed by atoms with Gasteiger partial charge < -0.3 is 4.90 Å². The molecule has 42 heavy (non-hydrogen) atoms. The van der Waals surface area contributed by atoms with Gasteiger partial charge in [-0.25, -0.2) is 0 Å². The molecule has 1 aliphatic heterocycles. The van der Waals surface area contributed by atoms with Crippen molar-refractivity contribution in [2.24, 2.45) is 23.7 Å². The van der Waals surface area contributed by atoms with Gasteiger partial charge in [0, 0.05) is 30.1 Å². The average molecular weight is 560 g/mol. The molecule has 218 valence electrons. The Morgan fingerprint density at radius 1 is 1.02 bits per heavy atom. The highest BCUT2D eigenvalue weighted by Crippen LogP contribution is 2.46. The number of fused-ring (bicyclic) bond motifs is 1. The molecule has 0 aromatic heterocycles. The summed E-state index contributed by atoms with van der Waals surface area (Å²) in [5.74, 6) is 1.61. The molecule has 2 unspecified atom stereocenters. The molecular weight excluding hydrogens is 514 g/mol. The maximum Gasteiger partial charge on any atom is 0.254 e. The van der Waals surface area contributed by atoms with Crippen molar-refractivity contribution >= 4 is 11.7 Å². The second kappa shape index (κ2) is 13.1. The van der Waals surface area contributed by atoms with E-state index in [2.05, 4.69) is 63.8 Å². The second-order valence-corrected chi connectivity index (χ2v) is 13.0. The molecule has 4 aliphatic rings. The number of carbonyl (C=O) groups is 2. The number of carbonyl (C=O) groups excluding carboxylic acids is 2. The predicted molar refractivity (Wildman–Crippen MR) is 173 cm³/mol. The molecule has 1 saturated carbocycles. The van der Waals surface area contributed by atoms with Crippen LogP contribution in [0.4, 0.5) is 0 Å². The standard InChI is InChI=1S/C39H45NO2/c1-26(2)31-10-6-8-30(9-7-11-31)22-35-25-40(39(42)32-17-12-28(5)13-18-32)24-34(38(35)41)20-15-29-14-19-33-23-37(33)36(21-16-29)27(3)4/h8-14,16-18,21-22,26-27,33-34H,6,15,19-20,23-25H2,1-5H3. The number of hydrogen-bond donors (Lipinski definition) is 0. The Labute approximate surface area is 252 Å². The minimum Gasteiger partial charge on any atom is -0.333 e. The Hall–Kier alpha value is -3.68. The molecule has 0 N–H and O–H groups in total. The SMILES string of the molecule is Cc1ccc(C(=O)N2CC(=CC3=CCC=C(C(C)C)C=C=C3)C(=O)C(CCC3=CCC4CC4=C(C(C)C)C=C3)C2)cc1. The van der Waals surface area contributed by atoms with Crippen LogP contribution < -0.4 is 0 Å². The van der Waals surface area contributed by atoms with Crippen LogP contribution in [0.1, 0.15) is 75.7 Å². The molecule has 5 rings (SSSR count). The summed E-state index contributed by atoms with van der Waals surface area (Å²) in [6.45, 7) is 11.7. The zero-order chi connectivity index (χ0) is 29.8. The molecular formula is C39H45NO2. The Balaban J connectivity index is 1.37. The van der Waals surface area contributed by atoms with Crippen molar-refractivity contribution in [3.05, 3.63) is 123 Å². The lowest BCUT2D eigenvalue weighted by Gasteiger charge is -2.34. The molecule has 2 atom stereocenters. The highest BCUT2D eigenvalue weighted by molar-refractivity contribution is 6.02. The summed E-state index contributed by atoms with van der Waals surface area (Å²) >= 11 is 0. The van der Waals surface area contributed by atoms with E-state index in [1.165, 1.54) is 23.1 Å². The summed E-state index contributed by atoms with van der Waals surface area (Å²) in [7, 11) is 0. The summed E-state index contributed by atoms with van der Waals surface area (Å²) in [5, 5.41) is 0. The van der Waals surface area contributed by atoms with Crippen LogP contribution in [0, 0.1) is 30.6 Å². The summed E-state index contributed by atoms with van der Waals surface area (Å²) in [5.41, 5.74) is 12.5. The van der Waals surface area contributed by atoms with Gasteiger partial charge in [0.05, 0.1) is 0 Å². The Kier molecular flexibility index (Phi) is 9.29. The van der Waals surface area contributed by atoms with Gasteiger partial charge in [0.1, 0.15) is 0 Å². The predicted octanol–water partition coefficient (Wildman–Crippen LogP) is 8.83. The highest BCUT2D eigenvalue weighted by atomic mass is 16.2. The Morgan fingerprint density at radius 3 is 2.55 bits per heavy atom. The van der Waals surface area contributed by atoms with Crippen LogP contribution in [0.15, 0.2) is 112 Å². The zero-order valence-electron chi connectivity index (χ0n) is 26.0. The van der Waals surface area contributed by atoms with Gasteiger partial charge in [0.2, 0.25) is 0 Å². The van der Waals surface area contributed by atoms with E-state index in [0.717, 1.165) is 36.8 Å². The average Bonchev–Trinajstić information content (AvgIpc) is 3.69. The topological polar surface area (TPSA) is 37.4 Å². The summed E-state index contributed by atoms with van der Waals surface area (Å²) in [6.07, 6.45) is 22.0. The molecule has 1 heterocycles. The van der Waals surface area contributed by atoms with Crippen molar-refractivity contribution in [1.29, 1.82) is 0 Å². The lowest BCUT2D eigenvalue weighted by Crippen LogP contribution is -2.45. The van der Waals surface area contributed by atoms with Crippen LogP contribution in [-0.4, -0.2) is 29.7 Å². The van der Waals surface area contributed by atoms with Crippen molar-refractivity contribution < 1.29 is 9.59 Å². The molecule has 0 radical (unpaired) electrons. The van der Waals surface area contributed by atoms with Crippen LogP contribution in [-0.2, 0) is 4.79 Å². The number of nitrogens with zero attached hydrogens (tertiary/aromatic N) is 1. The van der Waals surface area contributed by atoms with Gasteiger partial charge in [0.25, 0.3) is 5.91 Å². The van der Waals surface area contributed by atoms with Crippen LogP contribution in [0.2, 0.25) is 0 Å². The number of benzene rings is 1. The molecule has 3 nitrogen and oxygen atoms in total. The lowest BCUT2D eigenvalue weighted by molar-refractivity contribution is -0.121. The van der Waals surface area contributed by atoms with Crippen molar-refractivity contribution in [3.8, 4) is 0 Å². The van der Waals surface area contributed by atoms with E-state index >= 15 is 0 Å². The largest absolute Gasteiger partial charge is 0.333 e. The molecule has 1 aromatic carbocycles. The Morgan fingerprint density at radius 2 is 1.81 bits per heavy atom. The number of ketones is 1. The normalized spacial score (nSPS) is 23.3. The fourth-order valence-corrected chi connectivity index (χ4v) is 6.26. The maximum atomic E-state index is 13.9. The number of Topliss-reactive ketones (excluding diaryl/α,β-unsaturated/α-hetero) is 1. The maximum absolute atomic E-state index is 13.9. The van der Waals surface area contributed by atoms with Crippen LogP contribution in [0.3, 0.4) is 0 Å². The number of allylic oxidation sites excluding steroid dienone is 12. The van der Waals surface area contributed by atoms with Gasteiger partial charge in [-0.2, -0.15) is 0 Å². The fourth-order valence-electron chi connectivity index (χ4n) is 6.26. The lowest BCUT2D eigenvalue weighted by atomic mass is 9.85. The first-order chi connectivity index (χ1) is 20.2. The van der Waals surface area contributed by atoms with E-state index in [0.29, 0.717) is 42.0 Å². The van der Waals surface area contributed by atoms with Crippen LogP contribution in [0.5, 0.6) is 0 Å². The Bertz CT molecular complexity index is 1480. The number of rotatable bonds is 7. The minimum absolute atomic E-state index is 0.0111. The molecule has 1 saturated heterocycles. The van der Waals surface area contributed by atoms with Gasteiger partial charge in [-0.1, -0.05) is 86.9 Å². The number of hydrogen-bond acceptors (Lipinski definition) is 2. The highest BCUT2D eigenvalue weighted by Gasteiger charge is 2.35. The number of amides is 1. The van der Waals surface area contributed by atoms with Crippen LogP contribution in [0.25, 0.3) is 0 Å². The third-order valence-electron chi connectivity index (χ3n) is 9.00. The van der Waals surface area contributed by atoms with Gasteiger partial charge in [0.15, 0.2) is 5.78 Å². The number of aryl methyl sites for hydroxylation is 1. The van der Waals surface area contributed by atoms with Crippen LogP contribution >= 0.6 is 0 Å². The molecule has 1 amide bonds. The number of likely N-dealkylation sites (tertiary alicyclic amines) is 1. The fraction of sp³-hybridized carbons (Fsp3) is 0.410. The quantitative estimate of drug-likeness (QED) is 0.247. The first kappa shape index (κ1) is 29.8. The zero-order valence-corrected chi connectivity index (χ0v) is 26.0. The number of piperidine rings is 1. The summed E-state index contributed by atoms with van der Waals surface area (Å²) in [4.78, 5) is 29.4. The third-order valence-corrected chi connectivity index (χ3v) is 9.00. The van der Waals surface area contributed by atoms with E-state index in [1.54, 1.807) is 5.57 Å². The molecule has 3 heteroatoms. The van der Waals surface area contributed by atoms with Crippen molar-refractivity contribution in [2.75, 3.05) is 13.1 Å². The monoisotopic (exact) mass is 559 g/mol. The van der Waals surface area contributed by atoms with Gasteiger partial charge in [-0.15, -0.1) is 5.73 Å². The molecule has 0 spiro atoms. The minimum atomic E-state index is -0.225. The van der Waals surface area contributed by atoms with E-state index < -0.39 is 0 Å². The van der Waals surface area contributed by atoms with Crippen molar-refractivity contribution in [1.82, 2.24) is 4.90 Å². The summed E-state index contributed by atoms with van der Waals surface area (Å²) < 4.78 is 0. The smallest absolute Gasteiger partial charge is 0.254 e. The van der Waals surface area contributed by atoms with Crippen molar-refractivity contribution in [2.45, 2.75) is 66.7 Å². The van der Waals surface area contributed by atoms with E-state index in [4.69, 9.17) is 0 Å². The molecule has 0 bridgehead atoms. The van der Waals surface area contributed by atoms with Gasteiger partial charge >= 0.3 is 0 Å². The van der Waals surface area contributed by atoms with E-state index in [-0.39, 0.29) is 17.6 Å². The molecule has 2 fully saturated rings. The molecule has 3 aliphatic carbocycles. The van der Waals surface area contributed by atoms with Crippen molar-refractivity contribution in [3.63, 3.8) is 0 Å². The summed E-state index contributed by atoms with van der Waals surface area (Å²) in [6, 6.07) is 7.74. The van der Waals surface area contributed by atoms with E-state index in [9.17, 15) is 9.59 Å². The first-order valence-electron chi connectivity index (χ1n) is 15.7. The van der Waals surface area contributed by atoms with Gasteiger partial charge in [-0.3, -0.25) is 9.59 Å². The third kappa shape index (κ3) is 7.20. The van der Waals surface area contributed by atoms with Gasteiger partial charge in [-0.05, 0) is 104 Å².